The maximum absolute atomic E-state index is 13.0. The van der Waals surface area contributed by atoms with E-state index < -0.39 is 98.4 Å². The summed E-state index contributed by atoms with van der Waals surface area (Å²) in [4.78, 5) is 25.1. The summed E-state index contributed by atoms with van der Waals surface area (Å²) >= 11 is 0. The molecular weight excluding hydrogens is 662 g/mol. The zero-order valence-electron chi connectivity index (χ0n) is 29.2. The lowest BCUT2D eigenvalue weighted by molar-refractivity contribution is -0.355. The minimum atomic E-state index is -1.70. The molecule has 50 heavy (non-hydrogen) atoms. The fourth-order valence-corrected chi connectivity index (χ4v) is 7.19. The van der Waals surface area contributed by atoms with Gasteiger partial charge in [0.15, 0.2) is 18.7 Å². The molecule has 14 atom stereocenters. The predicted molar refractivity (Wildman–Crippen MR) is 173 cm³/mol. The number of carboxylic acids is 1. The van der Waals surface area contributed by atoms with E-state index in [0.29, 0.717) is 6.42 Å². The van der Waals surface area contributed by atoms with Gasteiger partial charge in [0.2, 0.25) is 5.91 Å². The van der Waals surface area contributed by atoms with Crippen molar-refractivity contribution in [2.45, 2.75) is 177 Å². The van der Waals surface area contributed by atoms with Crippen molar-refractivity contribution in [3.05, 3.63) is 0 Å². The number of aliphatic hydroxyl groups is 6. The molecule has 3 heterocycles. The summed E-state index contributed by atoms with van der Waals surface area (Å²) in [5.41, 5.74) is 0. The summed E-state index contributed by atoms with van der Waals surface area (Å²) in [5, 5.41) is 76.6. The average molecular weight is 722 g/mol. The Kier molecular flexibility index (Phi) is 16.5. The van der Waals surface area contributed by atoms with Crippen molar-refractivity contribution >= 4 is 11.9 Å². The smallest absolute Gasteiger partial charge is 0.332 e. The normalized spacial score (nSPS) is 39.2. The Morgan fingerprint density at radius 3 is 2.18 bits per heavy atom. The van der Waals surface area contributed by atoms with Gasteiger partial charge in [0, 0.05) is 19.1 Å². The number of rotatable bonds is 17. The van der Waals surface area contributed by atoms with Gasteiger partial charge in [-0.2, -0.15) is 0 Å². The number of unbranched alkanes of at least 4 members (excludes halogenated alkanes) is 4. The quantitative estimate of drug-likeness (QED) is 0.0900. The maximum atomic E-state index is 13.0. The molecule has 0 aromatic carbocycles. The lowest BCUT2D eigenvalue weighted by Crippen LogP contribution is -2.64. The molecule has 4 rings (SSSR count). The van der Waals surface area contributed by atoms with Crippen molar-refractivity contribution < 1.29 is 73.8 Å². The summed E-state index contributed by atoms with van der Waals surface area (Å²) in [6, 6.07) is 0. The molecule has 3 aliphatic heterocycles. The van der Waals surface area contributed by atoms with E-state index >= 15 is 0 Å². The van der Waals surface area contributed by atoms with E-state index in [0.717, 1.165) is 57.8 Å². The fraction of sp³-hybridized carbons (Fsp3) is 0.941. The van der Waals surface area contributed by atoms with Gasteiger partial charge in [-0.15, -0.1) is 0 Å². The van der Waals surface area contributed by atoms with E-state index in [1.807, 2.05) is 0 Å². The van der Waals surface area contributed by atoms with Gasteiger partial charge in [-0.05, 0) is 32.6 Å². The molecule has 16 nitrogen and oxygen atoms in total. The number of carbonyl (C=O) groups is 2. The Morgan fingerprint density at radius 1 is 0.800 bits per heavy atom. The third-order valence-corrected chi connectivity index (χ3v) is 10.3. The summed E-state index contributed by atoms with van der Waals surface area (Å²) in [6.07, 6.45) is -9.56. The first kappa shape index (κ1) is 41.2. The molecular formula is C34H59NO15. The topological polar surface area (TPSA) is 243 Å². The van der Waals surface area contributed by atoms with Gasteiger partial charge in [0.25, 0.3) is 0 Å². The SMILES string of the molecule is CCCCCCCC(OC1C(O)C(CO)OC(OC2CCOC(CNC(=O)C3CCCCC3)C2OC2OC(C)C(O)C(O)C2O)C1O)C(=O)O. The van der Waals surface area contributed by atoms with Crippen molar-refractivity contribution in [1.82, 2.24) is 5.32 Å². The number of amides is 1. The van der Waals surface area contributed by atoms with Gasteiger partial charge >= 0.3 is 5.97 Å². The molecule has 1 saturated carbocycles. The second-order valence-corrected chi connectivity index (χ2v) is 14.1. The van der Waals surface area contributed by atoms with Crippen molar-refractivity contribution in [3.8, 4) is 0 Å². The van der Waals surface area contributed by atoms with Crippen LogP contribution in [0.4, 0.5) is 0 Å². The van der Waals surface area contributed by atoms with E-state index in [1.165, 1.54) is 6.92 Å². The van der Waals surface area contributed by atoms with Crippen LogP contribution in [0.25, 0.3) is 0 Å². The van der Waals surface area contributed by atoms with E-state index in [9.17, 15) is 45.3 Å². The molecule has 1 amide bonds. The zero-order chi connectivity index (χ0) is 36.4. The zero-order valence-corrected chi connectivity index (χ0v) is 29.2. The minimum absolute atomic E-state index is 0.000250. The Hall–Kier alpha value is -1.54. The molecule has 290 valence electrons. The van der Waals surface area contributed by atoms with Crippen LogP contribution in [0, 0.1) is 5.92 Å². The third-order valence-electron chi connectivity index (χ3n) is 10.3. The van der Waals surface area contributed by atoms with Gasteiger partial charge in [-0.1, -0.05) is 58.3 Å². The maximum Gasteiger partial charge on any atom is 0.332 e. The fourth-order valence-electron chi connectivity index (χ4n) is 7.19. The average Bonchev–Trinajstić information content (AvgIpc) is 3.11. The molecule has 3 saturated heterocycles. The Balaban J connectivity index is 1.51. The van der Waals surface area contributed by atoms with Crippen LogP contribution in [0.2, 0.25) is 0 Å². The van der Waals surface area contributed by atoms with Crippen LogP contribution in [0.15, 0.2) is 0 Å². The first-order valence-corrected chi connectivity index (χ1v) is 18.4. The second-order valence-electron chi connectivity index (χ2n) is 14.1. The molecule has 8 N–H and O–H groups in total. The van der Waals surface area contributed by atoms with Crippen LogP contribution < -0.4 is 5.32 Å². The molecule has 0 aromatic heterocycles. The second kappa shape index (κ2) is 20.1. The van der Waals surface area contributed by atoms with Gasteiger partial charge in [-0.25, -0.2) is 4.79 Å². The highest BCUT2D eigenvalue weighted by Gasteiger charge is 2.51. The standard InChI is InChI=1S/C34H59NO15/c1-3-4-5-6-10-13-21(32(43)44)47-30-25(38)23(17-36)49-34(28(30)41)48-20-14-15-45-22(16-35-31(42)19-11-8-7-9-12-19)29(20)50-33-27(40)26(39)24(37)18(2)46-33/h18-30,33-34,36-41H,3-17H2,1-2H3,(H,35,42)(H,43,44). The molecule has 0 radical (unpaired) electrons. The van der Waals surface area contributed by atoms with Gasteiger partial charge in [-0.3, -0.25) is 4.79 Å². The van der Waals surface area contributed by atoms with E-state index in [-0.39, 0.29) is 37.8 Å². The van der Waals surface area contributed by atoms with Gasteiger partial charge in [0.05, 0.1) is 18.8 Å². The highest BCUT2D eigenvalue weighted by molar-refractivity contribution is 5.78. The lowest BCUT2D eigenvalue weighted by Gasteiger charge is -2.47. The Labute approximate surface area is 293 Å². The van der Waals surface area contributed by atoms with E-state index in [4.69, 9.17) is 28.4 Å². The van der Waals surface area contributed by atoms with Crippen molar-refractivity contribution in [1.29, 1.82) is 0 Å². The molecule has 0 aromatic rings. The van der Waals surface area contributed by atoms with Crippen LogP contribution in [0.1, 0.15) is 90.9 Å². The Morgan fingerprint density at radius 2 is 1.50 bits per heavy atom. The number of hydrogen-bond donors (Lipinski definition) is 8. The van der Waals surface area contributed by atoms with Crippen LogP contribution in [-0.4, -0.2) is 153 Å². The summed E-state index contributed by atoms with van der Waals surface area (Å²) in [6.45, 7) is 3.02. The minimum Gasteiger partial charge on any atom is -0.479 e. The number of aliphatic carboxylic acids is 1. The predicted octanol–water partition coefficient (Wildman–Crippen LogP) is -0.292. The molecule has 1 aliphatic carbocycles. The Bertz CT molecular complexity index is 1030. The molecule has 14 unspecified atom stereocenters. The monoisotopic (exact) mass is 721 g/mol. The first-order chi connectivity index (χ1) is 24.0. The van der Waals surface area contributed by atoms with E-state index in [2.05, 4.69) is 12.2 Å². The number of carboxylic acid groups (broad SMARTS) is 1. The highest BCUT2D eigenvalue weighted by Crippen LogP contribution is 2.33. The van der Waals surface area contributed by atoms with Crippen LogP contribution in [-0.2, 0) is 38.0 Å². The van der Waals surface area contributed by atoms with Crippen molar-refractivity contribution in [3.63, 3.8) is 0 Å². The first-order valence-electron chi connectivity index (χ1n) is 18.4. The molecule has 4 fully saturated rings. The van der Waals surface area contributed by atoms with Crippen LogP contribution in [0.3, 0.4) is 0 Å². The highest BCUT2D eigenvalue weighted by atomic mass is 16.7. The van der Waals surface area contributed by atoms with Crippen LogP contribution >= 0.6 is 0 Å². The third kappa shape index (κ3) is 10.8. The van der Waals surface area contributed by atoms with Gasteiger partial charge < -0.3 is 69.5 Å². The van der Waals surface area contributed by atoms with E-state index in [1.54, 1.807) is 0 Å². The number of carbonyl (C=O) groups excluding carboxylic acids is 1. The number of hydrogen-bond acceptors (Lipinski definition) is 14. The molecule has 16 heteroatoms. The summed E-state index contributed by atoms with van der Waals surface area (Å²) in [7, 11) is 0. The van der Waals surface area contributed by atoms with Crippen LogP contribution in [0.5, 0.6) is 0 Å². The molecule has 0 spiro atoms. The number of nitrogens with one attached hydrogen (secondary N) is 1. The molecule has 0 bridgehead atoms. The summed E-state index contributed by atoms with van der Waals surface area (Å²) < 4.78 is 35.7. The van der Waals surface area contributed by atoms with Gasteiger partial charge in [0.1, 0.15) is 54.9 Å². The molecule has 4 aliphatic rings. The largest absolute Gasteiger partial charge is 0.479 e. The summed E-state index contributed by atoms with van der Waals surface area (Å²) in [5.74, 6) is -1.51. The van der Waals surface area contributed by atoms with Crippen molar-refractivity contribution in [2.24, 2.45) is 5.92 Å². The lowest BCUT2D eigenvalue weighted by atomic mass is 9.88. The number of ether oxygens (including phenoxy) is 6. The van der Waals surface area contributed by atoms with Crippen molar-refractivity contribution in [2.75, 3.05) is 19.8 Å². The number of aliphatic hydroxyl groups excluding tert-OH is 6.